The highest BCUT2D eigenvalue weighted by molar-refractivity contribution is 6.32. The number of carbonyl (C=O) groups excluding carboxylic acids is 2. The molecule has 25 heavy (non-hydrogen) atoms. The summed E-state index contributed by atoms with van der Waals surface area (Å²) in [7, 11) is 0. The van der Waals surface area contributed by atoms with Crippen molar-refractivity contribution in [1.82, 2.24) is 0 Å². The minimum absolute atomic E-state index is 0.0136. The zero-order valence-electron chi connectivity index (χ0n) is 13.6. The first-order chi connectivity index (χ1) is 11.9. The van der Waals surface area contributed by atoms with E-state index in [-0.39, 0.29) is 22.4 Å². The lowest BCUT2D eigenvalue weighted by atomic mass is 9.86. The molecule has 2 fully saturated rings. The molecule has 3 rings (SSSR count). The third kappa shape index (κ3) is 4.28. The van der Waals surface area contributed by atoms with E-state index in [1.807, 2.05) is 0 Å². The van der Waals surface area contributed by atoms with Crippen LogP contribution in [0, 0.1) is 27.9 Å². The number of hydrogen-bond donors (Lipinski definition) is 1. The maximum absolute atomic E-state index is 11.9. The smallest absolute Gasteiger partial charge is 0.306 e. The van der Waals surface area contributed by atoms with Crippen LogP contribution in [0.3, 0.4) is 0 Å². The summed E-state index contributed by atoms with van der Waals surface area (Å²) in [6.07, 6.45) is 5.12. The predicted octanol–water partition coefficient (Wildman–Crippen LogP) is 3.56. The molecule has 0 spiro atoms. The van der Waals surface area contributed by atoms with Crippen LogP contribution in [-0.2, 0) is 14.3 Å². The third-order valence-electron chi connectivity index (χ3n) is 5.10. The molecule has 1 aromatic rings. The Bertz CT molecular complexity index is 708. The molecule has 1 N–H and O–H groups in total. The van der Waals surface area contributed by atoms with Crippen molar-refractivity contribution in [1.29, 1.82) is 0 Å². The van der Waals surface area contributed by atoms with Gasteiger partial charge in [-0.05, 0) is 49.1 Å². The number of benzene rings is 1. The summed E-state index contributed by atoms with van der Waals surface area (Å²) in [6, 6.07) is 3.94. The Labute approximate surface area is 149 Å². The lowest BCUT2D eigenvalue weighted by molar-refractivity contribution is -0.384. The first kappa shape index (κ1) is 17.7. The van der Waals surface area contributed by atoms with Crippen LogP contribution < -0.4 is 5.32 Å². The number of hydrogen-bond acceptors (Lipinski definition) is 5. The van der Waals surface area contributed by atoms with E-state index in [2.05, 4.69) is 5.32 Å². The lowest BCUT2D eigenvalue weighted by Gasteiger charge is -2.20. The third-order valence-corrected chi connectivity index (χ3v) is 5.42. The number of carbonyl (C=O) groups is 2. The van der Waals surface area contributed by atoms with Crippen LogP contribution in [0.15, 0.2) is 18.2 Å². The second-order valence-corrected chi connectivity index (χ2v) is 7.18. The summed E-state index contributed by atoms with van der Waals surface area (Å²) in [4.78, 5) is 34.0. The molecule has 0 aliphatic heterocycles. The minimum Gasteiger partial charge on any atom is -0.456 e. The van der Waals surface area contributed by atoms with Crippen LogP contribution in [-0.4, -0.2) is 23.4 Å². The fraction of sp³-hybridized carbons (Fsp3) is 0.529. The Balaban J connectivity index is 1.45. The van der Waals surface area contributed by atoms with E-state index in [0.717, 1.165) is 18.4 Å². The molecule has 2 saturated carbocycles. The Hall–Kier alpha value is -2.15. The molecule has 0 radical (unpaired) electrons. The zero-order valence-corrected chi connectivity index (χ0v) is 14.3. The summed E-state index contributed by atoms with van der Waals surface area (Å²) >= 11 is 5.71. The van der Waals surface area contributed by atoms with E-state index in [0.29, 0.717) is 18.3 Å². The summed E-state index contributed by atoms with van der Waals surface area (Å²) in [5.41, 5.74) is -0.0713. The number of rotatable bonds is 6. The molecule has 0 aromatic heterocycles. The van der Waals surface area contributed by atoms with Gasteiger partial charge in [0.2, 0.25) is 0 Å². The van der Waals surface area contributed by atoms with Gasteiger partial charge in [-0.2, -0.15) is 0 Å². The van der Waals surface area contributed by atoms with Gasteiger partial charge >= 0.3 is 5.97 Å². The average Bonchev–Trinajstić information content (AvgIpc) is 3.17. The highest BCUT2D eigenvalue weighted by atomic mass is 35.5. The number of ether oxygens (including phenoxy) is 1. The summed E-state index contributed by atoms with van der Waals surface area (Å²) in [5.74, 6) is 0.855. The Morgan fingerprint density at radius 2 is 2.12 bits per heavy atom. The van der Waals surface area contributed by atoms with Crippen molar-refractivity contribution in [2.75, 3.05) is 11.9 Å². The first-order valence-electron chi connectivity index (χ1n) is 8.31. The van der Waals surface area contributed by atoms with Crippen molar-refractivity contribution in [2.24, 2.45) is 17.8 Å². The van der Waals surface area contributed by atoms with Crippen molar-refractivity contribution in [2.45, 2.75) is 32.1 Å². The molecule has 1 aromatic carbocycles. The molecule has 8 heteroatoms. The fourth-order valence-corrected chi connectivity index (χ4v) is 4.16. The van der Waals surface area contributed by atoms with E-state index in [1.165, 1.54) is 31.4 Å². The monoisotopic (exact) mass is 366 g/mol. The number of nitro benzene ring substituents is 1. The second-order valence-electron chi connectivity index (χ2n) is 6.77. The van der Waals surface area contributed by atoms with E-state index < -0.39 is 17.4 Å². The number of anilines is 1. The Morgan fingerprint density at radius 1 is 1.32 bits per heavy atom. The van der Waals surface area contributed by atoms with Crippen molar-refractivity contribution in [3.8, 4) is 0 Å². The number of amides is 1. The van der Waals surface area contributed by atoms with Crippen LogP contribution >= 0.6 is 11.6 Å². The minimum atomic E-state index is -0.632. The second kappa shape index (κ2) is 7.39. The Kier molecular flexibility index (Phi) is 5.22. The van der Waals surface area contributed by atoms with E-state index in [9.17, 15) is 19.7 Å². The van der Waals surface area contributed by atoms with E-state index in [1.54, 1.807) is 0 Å². The Morgan fingerprint density at radius 3 is 2.76 bits per heavy atom. The van der Waals surface area contributed by atoms with Gasteiger partial charge in [0.05, 0.1) is 4.92 Å². The molecule has 2 aliphatic rings. The van der Waals surface area contributed by atoms with Crippen LogP contribution in [0.25, 0.3) is 0 Å². The zero-order chi connectivity index (χ0) is 18.0. The molecule has 2 bridgehead atoms. The summed E-state index contributed by atoms with van der Waals surface area (Å²) in [6.45, 7) is -0.407. The van der Waals surface area contributed by atoms with Crippen LogP contribution in [0.5, 0.6) is 0 Å². The van der Waals surface area contributed by atoms with Gasteiger partial charge in [0.15, 0.2) is 6.61 Å². The van der Waals surface area contributed by atoms with Crippen LogP contribution in [0.4, 0.5) is 11.4 Å². The normalized spacial score (nSPS) is 24.1. The van der Waals surface area contributed by atoms with Gasteiger partial charge < -0.3 is 10.1 Å². The molecule has 0 heterocycles. The number of fused-ring (bicyclic) bond motifs is 2. The van der Waals surface area contributed by atoms with Crippen molar-refractivity contribution >= 4 is 34.9 Å². The maximum atomic E-state index is 11.9. The van der Waals surface area contributed by atoms with E-state index in [4.69, 9.17) is 16.3 Å². The number of halogens is 1. The molecule has 0 unspecified atom stereocenters. The molecular formula is C17H19ClN2O5. The highest BCUT2D eigenvalue weighted by Gasteiger charge is 2.40. The predicted molar refractivity (Wildman–Crippen MR) is 91.3 cm³/mol. The topological polar surface area (TPSA) is 98.5 Å². The number of nitrogens with zero attached hydrogens (tertiary/aromatic N) is 1. The van der Waals surface area contributed by atoms with Crippen molar-refractivity contribution in [3.05, 3.63) is 33.3 Å². The fourth-order valence-electron chi connectivity index (χ4n) is 3.97. The number of nitrogens with one attached hydrogen (secondary N) is 1. The maximum Gasteiger partial charge on any atom is 0.306 e. The molecule has 2 aliphatic carbocycles. The number of esters is 1. The summed E-state index contributed by atoms with van der Waals surface area (Å²) in [5, 5.41) is 13.3. The SMILES string of the molecule is O=C(COC(=O)C[C@H]1C[C@@H]2CC[C@@H]1C2)Nc1ccc(Cl)c([N+](=O)[O-])c1. The van der Waals surface area contributed by atoms with Crippen molar-refractivity contribution in [3.63, 3.8) is 0 Å². The molecule has 3 atom stereocenters. The van der Waals surface area contributed by atoms with Gasteiger partial charge in [0.25, 0.3) is 11.6 Å². The average molecular weight is 367 g/mol. The van der Waals surface area contributed by atoms with E-state index >= 15 is 0 Å². The van der Waals surface area contributed by atoms with Gasteiger partial charge in [-0.1, -0.05) is 18.0 Å². The van der Waals surface area contributed by atoms with Gasteiger partial charge in [-0.25, -0.2) is 0 Å². The molecule has 134 valence electrons. The number of nitro groups is 1. The lowest BCUT2D eigenvalue weighted by Crippen LogP contribution is -2.23. The highest BCUT2D eigenvalue weighted by Crippen LogP contribution is 2.49. The summed E-state index contributed by atoms with van der Waals surface area (Å²) < 4.78 is 5.04. The standard InChI is InChI=1S/C17H19ClN2O5/c18-14-4-3-13(8-15(14)20(23)24)19-16(21)9-25-17(22)7-12-6-10-1-2-11(12)5-10/h3-4,8,10-12H,1-2,5-7,9H2,(H,19,21)/t10-,11-,12-/m1/s1. The largest absolute Gasteiger partial charge is 0.456 e. The molecule has 7 nitrogen and oxygen atoms in total. The molecular weight excluding hydrogens is 348 g/mol. The van der Waals surface area contributed by atoms with Gasteiger partial charge in [0, 0.05) is 18.2 Å². The van der Waals surface area contributed by atoms with Gasteiger partial charge in [0.1, 0.15) is 5.02 Å². The first-order valence-corrected chi connectivity index (χ1v) is 8.69. The van der Waals surface area contributed by atoms with Crippen LogP contribution in [0.2, 0.25) is 5.02 Å². The van der Waals surface area contributed by atoms with Crippen molar-refractivity contribution < 1.29 is 19.2 Å². The molecule has 0 saturated heterocycles. The van der Waals surface area contributed by atoms with Crippen LogP contribution in [0.1, 0.15) is 32.1 Å². The van der Waals surface area contributed by atoms with Gasteiger partial charge in [-0.3, -0.25) is 19.7 Å². The van der Waals surface area contributed by atoms with Gasteiger partial charge in [-0.15, -0.1) is 0 Å². The quantitative estimate of drug-likeness (QED) is 0.471. The molecule has 1 amide bonds.